The van der Waals surface area contributed by atoms with Crippen molar-refractivity contribution in [1.29, 1.82) is 0 Å². The predicted octanol–water partition coefficient (Wildman–Crippen LogP) is 9.79. The van der Waals surface area contributed by atoms with E-state index in [1.807, 2.05) is 0 Å². The van der Waals surface area contributed by atoms with Gasteiger partial charge in [-0.15, -0.1) is 0 Å². The smallest absolute Gasteiger partial charge is 0.305 e. The molecule has 0 aromatic rings. The third-order valence-corrected chi connectivity index (χ3v) is 9.49. The van der Waals surface area contributed by atoms with Gasteiger partial charge < -0.3 is 24.6 Å². The first-order chi connectivity index (χ1) is 22.9. The summed E-state index contributed by atoms with van der Waals surface area (Å²) in [4.78, 5) is 27.3. The molecule has 0 spiro atoms. The molecule has 0 saturated heterocycles. The molecule has 2 N–H and O–H groups in total. The van der Waals surface area contributed by atoms with E-state index in [9.17, 15) is 19.8 Å². The van der Waals surface area contributed by atoms with Gasteiger partial charge in [0.2, 0.25) is 0 Å². The van der Waals surface area contributed by atoms with E-state index in [4.69, 9.17) is 9.47 Å². The lowest BCUT2D eigenvalue weighted by molar-refractivity contribution is -0.149. The van der Waals surface area contributed by atoms with Crippen LogP contribution in [0.15, 0.2) is 0 Å². The molecule has 280 valence electrons. The summed E-state index contributed by atoms with van der Waals surface area (Å²) < 4.78 is 11.3. The highest BCUT2D eigenvalue weighted by molar-refractivity contribution is 5.69. The zero-order chi connectivity index (χ0) is 34.8. The van der Waals surface area contributed by atoms with Crippen LogP contribution in [0.1, 0.15) is 188 Å². The number of aliphatic hydroxyl groups excluding tert-OH is 2. The summed E-state index contributed by atoms with van der Waals surface area (Å²) in [5, 5.41) is 20.5. The van der Waals surface area contributed by atoms with E-state index >= 15 is 0 Å². The topological polar surface area (TPSA) is 96.3 Å². The molecule has 7 nitrogen and oxygen atoms in total. The van der Waals surface area contributed by atoms with Crippen LogP contribution in [0.25, 0.3) is 0 Å². The SMILES string of the molecule is CCCCCCCC(=O)OCC(CCCCCN(CCCCCO)C[C@@H](O)C(CCCC)CCCC)COC(=O)CCCCCCC. The second kappa shape index (κ2) is 34.7. The lowest BCUT2D eigenvalue weighted by Crippen LogP contribution is -2.38. The minimum Gasteiger partial charge on any atom is -0.465 e. The highest BCUT2D eigenvalue weighted by Gasteiger charge is 2.21. The second-order valence-electron chi connectivity index (χ2n) is 14.1. The number of carbonyl (C=O) groups is 2. The van der Waals surface area contributed by atoms with E-state index in [1.165, 1.54) is 38.5 Å². The first-order valence-corrected chi connectivity index (χ1v) is 20.2. The van der Waals surface area contributed by atoms with Crippen molar-refractivity contribution in [2.24, 2.45) is 11.8 Å². The van der Waals surface area contributed by atoms with Crippen molar-refractivity contribution >= 4 is 11.9 Å². The van der Waals surface area contributed by atoms with Gasteiger partial charge in [-0.1, -0.05) is 118 Å². The molecule has 0 fully saturated rings. The standard InChI is InChI=1S/C40H79NO6/c1-5-9-13-15-20-28-39(44)46-34-36(35-47-40(45)29-21-16-14-10-6-2)25-19-17-22-30-41(31-23-18-24-32-42)33-38(43)37(26-11-7-3)27-12-8-4/h36-38,42-43H,5-35H2,1-4H3/t38-/m1/s1. The van der Waals surface area contributed by atoms with Gasteiger partial charge in [0.25, 0.3) is 0 Å². The molecule has 0 aliphatic heterocycles. The third-order valence-electron chi connectivity index (χ3n) is 9.49. The van der Waals surface area contributed by atoms with Crippen LogP contribution in [0.2, 0.25) is 0 Å². The largest absolute Gasteiger partial charge is 0.465 e. The predicted molar refractivity (Wildman–Crippen MR) is 197 cm³/mol. The van der Waals surface area contributed by atoms with Gasteiger partial charge in [0.05, 0.1) is 19.3 Å². The van der Waals surface area contributed by atoms with Gasteiger partial charge in [-0.2, -0.15) is 0 Å². The van der Waals surface area contributed by atoms with Gasteiger partial charge in [0.1, 0.15) is 0 Å². The first kappa shape index (κ1) is 45.8. The summed E-state index contributed by atoms with van der Waals surface area (Å²) in [6, 6.07) is 0. The van der Waals surface area contributed by atoms with Gasteiger partial charge in [-0.3, -0.25) is 9.59 Å². The molecular weight excluding hydrogens is 590 g/mol. The monoisotopic (exact) mass is 670 g/mol. The first-order valence-electron chi connectivity index (χ1n) is 20.2. The molecule has 7 heteroatoms. The minimum atomic E-state index is -0.294. The summed E-state index contributed by atoms with van der Waals surface area (Å²) in [6.07, 6.45) is 25.3. The van der Waals surface area contributed by atoms with Gasteiger partial charge in [-0.05, 0) is 76.8 Å². The van der Waals surface area contributed by atoms with Crippen molar-refractivity contribution < 1.29 is 29.3 Å². The van der Waals surface area contributed by atoms with Gasteiger partial charge >= 0.3 is 11.9 Å². The fourth-order valence-electron chi connectivity index (χ4n) is 6.27. The molecule has 0 aliphatic rings. The number of aliphatic hydroxyl groups is 2. The summed E-state index contributed by atoms with van der Waals surface area (Å²) in [5.41, 5.74) is 0. The van der Waals surface area contributed by atoms with Crippen LogP contribution < -0.4 is 0 Å². The molecule has 0 amide bonds. The van der Waals surface area contributed by atoms with Gasteiger partial charge in [0, 0.05) is 31.9 Å². The van der Waals surface area contributed by atoms with E-state index in [0.29, 0.717) is 32.0 Å². The van der Waals surface area contributed by atoms with E-state index in [2.05, 4.69) is 32.6 Å². The highest BCUT2D eigenvalue weighted by Crippen LogP contribution is 2.22. The Morgan fingerprint density at radius 2 is 1.00 bits per heavy atom. The number of nitrogens with zero attached hydrogens (tertiary/aromatic N) is 1. The zero-order valence-electron chi connectivity index (χ0n) is 31.6. The molecule has 0 radical (unpaired) electrons. The summed E-state index contributed by atoms with van der Waals surface area (Å²) in [5.74, 6) is 0.117. The lowest BCUT2D eigenvalue weighted by Gasteiger charge is -2.30. The molecule has 1 atom stereocenters. The maximum atomic E-state index is 12.4. The average Bonchev–Trinajstić information content (AvgIpc) is 3.06. The quantitative estimate of drug-likeness (QED) is 0.0506. The molecule has 0 aromatic heterocycles. The summed E-state index contributed by atoms with van der Waals surface area (Å²) in [6.45, 7) is 12.3. The van der Waals surface area contributed by atoms with Gasteiger partial charge in [-0.25, -0.2) is 0 Å². The molecule has 0 rings (SSSR count). The zero-order valence-corrected chi connectivity index (χ0v) is 31.6. The number of ether oxygens (including phenoxy) is 2. The normalized spacial score (nSPS) is 12.4. The number of unbranched alkanes of at least 4 members (excludes halogenated alkanes) is 14. The Bertz CT molecular complexity index is 652. The van der Waals surface area contributed by atoms with Crippen LogP contribution in [-0.2, 0) is 19.1 Å². The molecule has 0 heterocycles. The summed E-state index contributed by atoms with van der Waals surface area (Å²) in [7, 11) is 0. The van der Waals surface area contributed by atoms with Crippen LogP contribution in [0.5, 0.6) is 0 Å². The highest BCUT2D eigenvalue weighted by atomic mass is 16.5. The fraction of sp³-hybridized carbons (Fsp3) is 0.950. The second-order valence-corrected chi connectivity index (χ2v) is 14.1. The van der Waals surface area contributed by atoms with Crippen molar-refractivity contribution in [3.05, 3.63) is 0 Å². The van der Waals surface area contributed by atoms with Crippen molar-refractivity contribution in [2.45, 2.75) is 194 Å². The Morgan fingerprint density at radius 1 is 0.553 bits per heavy atom. The van der Waals surface area contributed by atoms with E-state index in [-0.39, 0.29) is 30.6 Å². The van der Waals surface area contributed by atoms with E-state index in [1.54, 1.807) is 0 Å². The maximum Gasteiger partial charge on any atom is 0.305 e. The Kier molecular flexibility index (Phi) is 33.8. The van der Waals surface area contributed by atoms with Crippen molar-refractivity contribution in [2.75, 3.05) is 39.5 Å². The third kappa shape index (κ3) is 29.5. The summed E-state index contributed by atoms with van der Waals surface area (Å²) >= 11 is 0. The molecule has 0 bridgehead atoms. The van der Waals surface area contributed by atoms with Crippen LogP contribution in [0.4, 0.5) is 0 Å². The molecular formula is C40H79NO6. The molecule has 0 aromatic carbocycles. The fourth-order valence-corrected chi connectivity index (χ4v) is 6.27. The number of hydrogen-bond donors (Lipinski definition) is 2. The Balaban J connectivity index is 4.92. The Hall–Kier alpha value is -1.18. The van der Waals surface area contributed by atoms with E-state index in [0.717, 1.165) is 129 Å². The minimum absolute atomic E-state index is 0.0254. The molecule has 0 unspecified atom stereocenters. The van der Waals surface area contributed by atoms with Crippen LogP contribution in [-0.4, -0.2) is 72.6 Å². The van der Waals surface area contributed by atoms with Crippen molar-refractivity contribution in [3.63, 3.8) is 0 Å². The molecule has 0 saturated carbocycles. The van der Waals surface area contributed by atoms with Crippen LogP contribution >= 0.6 is 0 Å². The maximum absolute atomic E-state index is 12.4. The Morgan fingerprint density at radius 3 is 1.47 bits per heavy atom. The Labute approximate surface area is 291 Å². The van der Waals surface area contributed by atoms with Crippen molar-refractivity contribution in [3.8, 4) is 0 Å². The molecule has 47 heavy (non-hydrogen) atoms. The van der Waals surface area contributed by atoms with Crippen LogP contribution in [0.3, 0.4) is 0 Å². The number of esters is 2. The number of rotatable bonds is 36. The number of hydrogen-bond acceptors (Lipinski definition) is 7. The van der Waals surface area contributed by atoms with E-state index < -0.39 is 0 Å². The average molecular weight is 670 g/mol. The molecule has 0 aliphatic carbocycles. The lowest BCUT2D eigenvalue weighted by atomic mass is 9.90. The van der Waals surface area contributed by atoms with Crippen LogP contribution in [0, 0.1) is 11.8 Å². The number of carbonyl (C=O) groups excluding carboxylic acids is 2. The van der Waals surface area contributed by atoms with Gasteiger partial charge in [0.15, 0.2) is 0 Å². The van der Waals surface area contributed by atoms with Crippen molar-refractivity contribution in [1.82, 2.24) is 4.90 Å².